The van der Waals surface area contributed by atoms with Gasteiger partial charge in [0.25, 0.3) is 0 Å². The Balaban J connectivity index is 1.94. The first kappa shape index (κ1) is 20.4. The summed E-state index contributed by atoms with van der Waals surface area (Å²) >= 11 is 0. The predicted molar refractivity (Wildman–Crippen MR) is 101 cm³/mol. The number of nitrogens with one attached hydrogen (secondary N) is 2. The van der Waals surface area contributed by atoms with Crippen molar-refractivity contribution in [3.8, 4) is 11.5 Å². The molecule has 0 spiro atoms. The molecule has 1 heterocycles. The minimum atomic E-state index is -2.89. The van der Waals surface area contributed by atoms with E-state index in [1.165, 1.54) is 18.7 Å². The van der Waals surface area contributed by atoms with Gasteiger partial charge < -0.3 is 20.1 Å². The molecule has 0 saturated carbocycles. The van der Waals surface area contributed by atoms with Crippen molar-refractivity contribution in [2.45, 2.75) is 26.5 Å². The summed E-state index contributed by atoms with van der Waals surface area (Å²) < 4.78 is 34.9. The van der Waals surface area contributed by atoms with Crippen molar-refractivity contribution in [3.05, 3.63) is 53.3 Å². The molecule has 1 aromatic carbocycles. The van der Waals surface area contributed by atoms with Gasteiger partial charge in [-0.3, -0.25) is 9.98 Å². The quantitative estimate of drug-likeness (QED) is 0.546. The van der Waals surface area contributed by atoms with E-state index in [9.17, 15) is 8.78 Å². The fourth-order valence-corrected chi connectivity index (χ4v) is 2.53. The molecule has 0 aliphatic heterocycles. The number of aliphatic imine (C=N–C) groups is 1. The van der Waals surface area contributed by atoms with Crippen molar-refractivity contribution in [1.82, 2.24) is 15.6 Å². The molecule has 8 heteroatoms. The van der Waals surface area contributed by atoms with Crippen LogP contribution in [0.3, 0.4) is 0 Å². The number of aryl methyl sites for hydroxylation is 1. The highest BCUT2D eigenvalue weighted by Gasteiger charge is 2.11. The topological polar surface area (TPSA) is 67.8 Å². The van der Waals surface area contributed by atoms with Crippen LogP contribution in [0.2, 0.25) is 0 Å². The monoisotopic (exact) mass is 378 g/mol. The fourth-order valence-electron chi connectivity index (χ4n) is 2.53. The van der Waals surface area contributed by atoms with Gasteiger partial charge in [-0.15, -0.1) is 0 Å². The van der Waals surface area contributed by atoms with Crippen LogP contribution in [0, 0.1) is 6.92 Å². The number of hydrogen-bond acceptors (Lipinski definition) is 4. The summed E-state index contributed by atoms with van der Waals surface area (Å²) in [6.45, 7) is 0.0529. The van der Waals surface area contributed by atoms with Crippen LogP contribution >= 0.6 is 0 Å². The highest BCUT2D eigenvalue weighted by atomic mass is 19.3. The Labute approximate surface area is 157 Å². The standard InChI is InChI=1S/C19H24F2N4O2/c1-13-11-23-8-6-14(13)7-9-24-19(22-2)25-12-15-10-16(26-3)4-5-17(15)27-18(20)21/h4-6,8,10-11,18H,7,9,12H2,1-3H3,(H2,22,24,25). The molecule has 2 aromatic rings. The maximum Gasteiger partial charge on any atom is 0.387 e. The molecular formula is C19H24F2N4O2. The molecule has 2 rings (SSSR count). The molecule has 0 amide bonds. The van der Waals surface area contributed by atoms with E-state index in [1.54, 1.807) is 25.4 Å². The number of alkyl halides is 2. The van der Waals surface area contributed by atoms with Gasteiger partial charge in [0.2, 0.25) is 0 Å². The summed E-state index contributed by atoms with van der Waals surface area (Å²) in [4.78, 5) is 8.23. The average Bonchev–Trinajstić information content (AvgIpc) is 2.66. The number of nitrogens with zero attached hydrogens (tertiary/aromatic N) is 2. The summed E-state index contributed by atoms with van der Waals surface area (Å²) in [7, 11) is 3.16. The maximum absolute atomic E-state index is 12.6. The van der Waals surface area contributed by atoms with Crippen LogP contribution in [0.5, 0.6) is 11.5 Å². The van der Waals surface area contributed by atoms with Crippen LogP contribution in [0.25, 0.3) is 0 Å². The van der Waals surface area contributed by atoms with Crippen LogP contribution in [-0.2, 0) is 13.0 Å². The second-order valence-corrected chi connectivity index (χ2v) is 5.76. The van der Waals surface area contributed by atoms with Gasteiger partial charge in [-0.25, -0.2) is 0 Å². The molecular weight excluding hydrogens is 354 g/mol. The van der Waals surface area contributed by atoms with Crippen molar-refractivity contribution in [2.24, 2.45) is 4.99 Å². The molecule has 0 aliphatic carbocycles. The minimum absolute atomic E-state index is 0.0983. The van der Waals surface area contributed by atoms with Gasteiger partial charge in [-0.05, 0) is 48.7 Å². The zero-order valence-electron chi connectivity index (χ0n) is 15.6. The number of rotatable bonds is 8. The first-order valence-electron chi connectivity index (χ1n) is 8.49. The first-order chi connectivity index (χ1) is 13.0. The van der Waals surface area contributed by atoms with Crippen LogP contribution in [0.1, 0.15) is 16.7 Å². The lowest BCUT2D eigenvalue weighted by molar-refractivity contribution is -0.0504. The number of benzene rings is 1. The number of halogens is 2. The van der Waals surface area contributed by atoms with Crippen molar-refractivity contribution in [1.29, 1.82) is 0 Å². The zero-order chi connectivity index (χ0) is 19.6. The third-order valence-corrected chi connectivity index (χ3v) is 3.98. The third kappa shape index (κ3) is 6.40. The molecule has 0 radical (unpaired) electrons. The first-order valence-corrected chi connectivity index (χ1v) is 8.49. The predicted octanol–water partition coefficient (Wildman–Crippen LogP) is 2.91. The Kier molecular flexibility index (Phi) is 7.79. The van der Waals surface area contributed by atoms with Crippen molar-refractivity contribution >= 4 is 5.96 Å². The number of methoxy groups -OCH3 is 1. The van der Waals surface area contributed by atoms with Crippen molar-refractivity contribution < 1.29 is 18.3 Å². The summed E-state index contributed by atoms with van der Waals surface area (Å²) in [6, 6.07) is 6.67. The Hall–Kier alpha value is -2.90. The molecule has 0 atom stereocenters. The van der Waals surface area contributed by atoms with Crippen molar-refractivity contribution in [2.75, 3.05) is 20.7 Å². The van der Waals surface area contributed by atoms with E-state index in [4.69, 9.17) is 4.74 Å². The van der Waals surface area contributed by atoms with Crippen LogP contribution in [-0.4, -0.2) is 38.3 Å². The Morgan fingerprint density at radius 3 is 2.70 bits per heavy atom. The van der Waals surface area contributed by atoms with E-state index in [2.05, 4.69) is 25.3 Å². The highest BCUT2D eigenvalue weighted by molar-refractivity contribution is 5.79. The number of guanidine groups is 1. The molecule has 0 bridgehead atoms. The molecule has 0 unspecified atom stereocenters. The normalized spacial score (nSPS) is 11.4. The Morgan fingerprint density at radius 2 is 2.04 bits per heavy atom. The second-order valence-electron chi connectivity index (χ2n) is 5.76. The van der Waals surface area contributed by atoms with Crippen molar-refractivity contribution in [3.63, 3.8) is 0 Å². The van der Waals surface area contributed by atoms with E-state index in [-0.39, 0.29) is 12.3 Å². The van der Waals surface area contributed by atoms with Gasteiger partial charge in [-0.2, -0.15) is 8.78 Å². The van der Waals surface area contributed by atoms with Gasteiger partial charge in [0, 0.05) is 38.1 Å². The zero-order valence-corrected chi connectivity index (χ0v) is 15.6. The molecule has 146 valence electrons. The number of pyridine rings is 1. The molecule has 27 heavy (non-hydrogen) atoms. The largest absolute Gasteiger partial charge is 0.497 e. The maximum atomic E-state index is 12.6. The van der Waals surface area contributed by atoms with E-state index in [0.29, 0.717) is 23.8 Å². The summed E-state index contributed by atoms with van der Waals surface area (Å²) in [5, 5.41) is 6.30. The number of ether oxygens (including phenoxy) is 2. The van der Waals surface area contributed by atoms with E-state index >= 15 is 0 Å². The molecule has 0 fully saturated rings. The molecule has 1 aromatic heterocycles. The number of aromatic nitrogens is 1. The van der Waals surface area contributed by atoms with E-state index < -0.39 is 6.61 Å². The van der Waals surface area contributed by atoms with Gasteiger partial charge in [0.05, 0.1) is 7.11 Å². The van der Waals surface area contributed by atoms with E-state index in [0.717, 1.165) is 12.0 Å². The lowest BCUT2D eigenvalue weighted by atomic mass is 10.1. The van der Waals surface area contributed by atoms with Gasteiger partial charge >= 0.3 is 6.61 Å². The van der Waals surface area contributed by atoms with Crippen LogP contribution in [0.15, 0.2) is 41.7 Å². The average molecular weight is 378 g/mol. The Bertz CT molecular complexity index is 769. The van der Waals surface area contributed by atoms with Crippen LogP contribution in [0.4, 0.5) is 8.78 Å². The van der Waals surface area contributed by atoms with Gasteiger partial charge in [-0.1, -0.05) is 0 Å². The van der Waals surface area contributed by atoms with E-state index in [1.807, 2.05) is 19.2 Å². The molecule has 6 nitrogen and oxygen atoms in total. The lowest BCUT2D eigenvalue weighted by Gasteiger charge is -2.15. The second kappa shape index (κ2) is 10.3. The molecule has 0 saturated heterocycles. The summed E-state index contributed by atoms with van der Waals surface area (Å²) in [6.07, 6.45) is 4.41. The van der Waals surface area contributed by atoms with Gasteiger partial charge in [0.15, 0.2) is 5.96 Å². The fraction of sp³-hybridized carbons (Fsp3) is 0.368. The van der Waals surface area contributed by atoms with Crippen LogP contribution < -0.4 is 20.1 Å². The highest BCUT2D eigenvalue weighted by Crippen LogP contribution is 2.25. The smallest absolute Gasteiger partial charge is 0.387 e. The summed E-state index contributed by atoms with van der Waals surface area (Å²) in [5.74, 6) is 1.22. The third-order valence-electron chi connectivity index (χ3n) is 3.98. The van der Waals surface area contributed by atoms with Gasteiger partial charge in [0.1, 0.15) is 11.5 Å². The minimum Gasteiger partial charge on any atom is -0.497 e. The molecule has 2 N–H and O–H groups in total. The SMILES string of the molecule is CN=C(NCCc1ccncc1C)NCc1cc(OC)ccc1OC(F)F. The summed E-state index contributed by atoms with van der Waals surface area (Å²) in [5.41, 5.74) is 2.88. The lowest BCUT2D eigenvalue weighted by Crippen LogP contribution is -2.38. The number of hydrogen-bond donors (Lipinski definition) is 2. The Morgan fingerprint density at radius 1 is 1.22 bits per heavy atom. The molecule has 0 aliphatic rings.